The van der Waals surface area contributed by atoms with Crippen molar-refractivity contribution in [3.05, 3.63) is 82.1 Å². The molecule has 0 radical (unpaired) electrons. The van der Waals surface area contributed by atoms with Crippen LogP contribution in [0.3, 0.4) is 0 Å². The van der Waals surface area contributed by atoms with Crippen LogP contribution in [-0.4, -0.2) is 67.7 Å². The van der Waals surface area contributed by atoms with Gasteiger partial charge in [0.15, 0.2) is 28.8 Å². The van der Waals surface area contributed by atoms with Gasteiger partial charge < -0.3 is 39.8 Å². The highest BCUT2D eigenvalue weighted by Crippen LogP contribution is 2.56. The summed E-state index contributed by atoms with van der Waals surface area (Å²) in [5.74, 6) is -3.70. The highest BCUT2D eigenvalue weighted by molar-refractivity contribution is 6.35. The summed E-state index contributed by atoms with van der Waals surface area (Å²) >= 11 is 6.58. The SMILES string of the molecule is COc1cc(C(CC(=O)NCCCNc2ccccc2)C2=C(O)C3(Oc4c(Cl)c(OC)cc(OC)c4C3=O)C(C)CC2=O)ccc1O. The van der Waals surface area contributed by atoms with Crippen molar-refractivity contribution in [2.75, 3.05) is 39.7 Å². The number of halogens is 1. The molecule has 1 heterocycles. The van der Waals surface area contributed by atoms with Gasteiger partial charge in [0.2, 0.25) is 17.3 Å². The van der Waals surface area contributed by atoms with Gasteiger partial charge in [-0.25, -0.2) is 0 Å². The third kappa shape index (κ3) is 6.15. The number of ether oxygens (including phenoxy) is 4. The van der Waals surface area contributed by atoms with E-state index in [4.69, 9.17) is 30.5 Å². The van der Waals surface area contributed by atoms with Crippen LogP contribution in [-0.2, 0) is 9.59 Å². The molecule has 2 aliphatic rings. The molecule has 3 atom stereocenters. The average molecular weight is 665 g/mol. The number of allylic oxidation sites excluding steroid dienone is 1. The first-order chi connectivity index (χ1) is 22.6. The van der Waals surface area contributed by atoms with Crippen molar-refractivity contribution in [2.45, 2.75) is 37.7 Å². The fraction of sp³-hybridized carbons (Fsp3) is 0.343. The lowest BCUT2D eigenvalue weighted by molar-refractivity contribution is -0.121. The van der Waals surface area contributed by atoms with Crippen molar-refractivity contribution >= 4 is 34.8 Å². The summed E-state index contributed by atoms with van der Waals surface area (Å²) in [6.07, 6.45) is 0.196. The molecule has 5 rings (SSSR count). The van der Waals surface area contributed by atoms with Crippen LogP contribution >= 0.6 is 11.6 Å². The number of methoxy groups -OCH3 is 3. The van der Waals surface area contributed by atoms with Gasteiger partial charge in [-0.3, -0.25) is 14.4 Å². The number of aliphatic hydroxyl groups excluding tert-OH is 1. The smallest absolute Gasteiger partial charge is 0.231 e. The van der Waals surface area contributed by atoms with Crippen LogP contribution in [0.4, 0.5) is 5.69 Å². The van der Waals surface area contributed by atoms with Crippen LogP contribution in [0.5, 0.6) is 28.7 Å². The van der Waals surface area contributed by atoms with E-state index in [1.54, 1.807) is 6.92 Å². The Hall–Kier alpha value is -4.90. The van der Waals surface area contributed by atoms with Crippen molar-refractivity contribution in [1.29, 1.82) is 0 Å². The van der Waals surface area contributed by atoms with Gasteiger partial charge in [-0.2, -0.15) is 0 Å². The standard InChI is InChI=1S/C35H37ClN2O9/c1-19-15-24(40)29(33(42)35(19)34(43)30-26(45-3)18-27(46-4)31(36)32(30)47-35)22(20-11-12-23(39)25(16-20)44-2)17-28(41)38-14-8-13-37-21-9-6-5-7-10-21/h5-7,9-12,16,18-19,22,37,39,42H,8,13-15,17H2,1-4H3,(H,38,41). The van der Waals surface area contributed by atoms with Crippen molar-refractivity contribution < 1.29 is 43.5 Å². The van der Waals surface area contributed by atoms with Crippen molar-refractivity contribution in [3.8, 4) is 28.7 Å². The molecule has 248 valence electrons. The number of fused-ring (bicyclic) bond motifs is 1. The molecule has 3 aromatic carbocycles. The van der Waals surface area contributed by atoms with E-state index >= 15 is 0 Å². The van der Waals surface area contributed by atoms with E-state index in [0.29, 0.717) is 25.1 Å². The molecule has 1 aliphatic heterocycles. The van der Waals surface area contributed by atoms with E-state index in [-0.39, 0.29) is 63.7 Å². The Labute approximate surface area is 277 Å². The van der Waals surface area contributed by atoms with E-state index in [9.17, 15) is 24.6 Å². The molecular formula is C35H37ClN2O9. The van der Waals surface area contributed by atoms with Gasteiger partial charge in [0.1, 0.15) is 22.1 Å². The van der Waals surface area contributed by atoms with Crippen LogP contribution in [0.2, 0.25) is 5.02 Å². The van der Waals surface area contributed by atoms with E-state index in [1.165, 1.54) is 45.6 Å². The average Bonchev–Trinajstić information content (AvgIpc) is 3.38. The minimum absolute atomic E-state index is 0.00734. The molecule has 3 unspecified atom stereocenters. The van der Waals surface area contributed by atoms with Gasteiger partial charge in [-0.05, 0) is 36.2 Å². The van der Waals surface area contributed by atoms with Gasteiger partial charge in [0.05, 0.1) is 21.3 Å². The maximum absolute atomic E-state index is 14.3. The van der Waals surface area contributed by atoms with E-state index < -0.39 is 34.8 Å². The Bertz CT molecular complexity index is 1730. The number of hydrogen-bond acceptors (Lipinski definition) is 10. The van der Waals surface area contributed by atoms with Crippen LogP contribution in [0, 0.1) is 5.92 Å². The number of para-hydroxylation sites is 1. The molecule has 12 heteroatoms. The molecule has 47 heavy (non-hydrogen) atoms. The summed E-state index contributed by atoms with van der Waals surface area (Å²) in [6.45, 7) is 2.59. The number of phenolic OH excluding ortho intramolecular Hbond substituents is 1. The Morgan fingerprint density at radius 1 is 1.00 bits per heavy atom. The fourth-order valence-corrected chi connectivity index (χ4v) is 6.46. The van der Waals surface area contributed by atoms with Crippen molar-refractivity contribution in [2.24, 2.45) is 5.92 Å². The molecule has 1 aliphatic carbocycles. The molecular weight excluding hydrogens is 628 g/mol. The highest BCUT2D eigenvalue weighted by Gasteiger charge is 2.61. The Balaban J connectivity index is 1.50. The molecule has 4 N–H and O–H groups in total. The summed E-state index contributed by atoms with van der Waals surface area (Å²) in [4.78, 5) is 41.4. The monoisotopic (exact) mass is 664 g/mol. The number of anilines is 1. The zero-order chi connectivity index (χ0) is 33.9. The first-order valence-corrected chi connectivity index (χ1v) is 15.5. The quantitative estimate of drug-likeness (QED) is 0.180. The molecule has 0 saturated carbocycles. The number of ketones is 2. The molecule has 0 bridgehead atoms. The lowest BCUT2D eigenvalue weighted by Gasteiger charge is -2.38. The Morgan fingerprint density at radius 2 is 1.70 bits per heavy atom. The third-order valence-electron chi connectivity index (χ3n) is 8.63. The Morgan fingerprint density at radius 3 is 2.38 bits per heavy atom. The molecule has 11 nitrogen and oxygen atoms in total. The number of Topliss-reactive ketones (excluding diaryl/α,β-unsaturated/α-hetero) is 2. The molecule has 0 saturated heterocycles. The maximum atomic E-state index is 14.3. The van der Waals surface area contributed by atoms with Crippen molar-refractivity contribution in [1.82, 2.24) is 5.32 Å². The summed E-state index contributed by atoms with van der Waals surface area (Å²) in [5.41, 5.74) is -0.798. The fourth-order valence-electron chi connectivity index (χ4n) is 6.20. The number of aromatic hydroxyl groups is 1. The summed E-state index contributed by atoms with van der Waals surface area (Å²) in [6, 6.07) is 15.5. The van der Waals surface area contributed by atoms with Crippen molar-refractivity contribution in [3.63, 3.8) is 0 Å². The molecule has 1 spiro atoms. The van der Waals surface area contributed by atoms with Crippen LogP contribution in [0.25, 0.3) is 0 Å². The van der Waals surface area contributed by atoms with Gasteiger partial charge in [0.25, 0.3) is 0 Å². The van der Waals surface area contributed by atoms with Crippen LogP contribution in [0.1, 0.15) is 48.0 Å². The van der Waals surface area contributed by atoms with Gasteiger partial charge in [0, 0.05) is 55.1 Å². The van der Waals surface area contributed by atoms with E-state index in [2.05, 4.69) is 10.6 Å². The highest BCUT2D eigenvalue weighted by atomic mass is 35.5. The minimum Gasteiger partial charge on any atom is -0.507 e. The lowest BCUT2D eigenvalue weighted by Crippen LogP contribution is -2.53. The topological polar surface area (TPSA) is 153 Å². The first kappa shape index (κ1) is 33.5. The normalized spacial score (nSPS) is 19.2. The predicted molar refractivity (Wildman–Crippen MR) is 175 cm³/mol. The first-order valence-electron chi connectivity index (χ1n) is 15.1. The summed E-state index contributed by atoms with van der Waals surface area (Å²) in [5, 5.41) is 28.5. The number of phenols is 1. The number of carbonyl (C=O) groups is 3. The van der Waals surface area contributed by atoms with Gasteiger partial charge in [-0.1, -0.05) is 42.8 Å². The second-order valence-electron chi connectivity index (χ2n) is 11.4. The zero-order valence-electron chi connectivity index (χ0n) is 26.5. The number of amides is 1. The minimum atomic E-state index is -2.02. The molecule has 0 aromatic heterocycles. The number of rotatable bonds is 12. The number of benzene rings is 3. The largest absolute Gasteiger partial charge is 0.507 e. The lowest BCUT2D eigenvalue weighted by atomic mass is 9.69. The van der Waals surface area contributed by atoms with Gasteiger partial charge >= 0.3 is 0 Å². The maximum Gasteiger partial charge on any atom is 0.231 e. The number of aliphatic hydroxyl groups is 1. The van der Waals surface area contributed by atoms with Crippen LogP contribution < -0.4 is 29.6 Å². The third-order valence-corrected chi connectivity index (χ3v) is 8.99. The molecule has 0 fully saturated rings. The number of hydrogen-bond donors (Lipinski definition) is 4. The zero-order valence-corrected chi connectivity index (χ0v) is 27.3. The number of nitrogens with one attached hydrogen (secondary N) is 2. The second-order valence-corrected chi connectivity index (χ2v) is 11.8. The van der Waals surface area contributed by atoms with Gasteiger partial charge in [-0.15, -0.1) is 0 Å². The molecule has 3 aromatic rings. The number of carbonyl (C=O) groups excluding carboxylic acids is 3. The van der Waals surface area contributed by atoms with Crippen LogP contribution in [0.15, 0.2) is 65.9 Å². The Kier molecular flexibility index (Phi) is 9.85. The second kappa shape index (κ2) is 13.8. The van der Waals surface area contributed by atoms with E-state index in [1.807, 2.05) is 30.3 Å². The summed E-state index contributed by atoms with van der Waals surface area (Å²) in [7, 11) is 4.15. The predicted octanol–water partition coefficient (Wildman–Crippen LogP) is 5.60. The van der Waals surface area contributed by atoms with E-state index in [0.717, 1.165) is 5.69 Å². The summed E-state index contributed by atoms with van der Waals surface area (Å²) < 4.78 is 22.4. The molecule has 1 amide bonds.